The van der Waals surface area contributed by atoms with Crippen LogP contribution in [0.4, 0.5) is 0 Å². The molecule has 1 aromatic rings. The van der Waals surface area contributed by atoms with Crippen LogP contribution in [0.15, 0.2) is 0 Å². The Morgan fingerprint density at radius 3 is 2.95 bits per heavy atom. The van der Waals surface area contributed by atoms with Gasteiger partial charge in [0, 0.05) is 24.9 Å². The quantitative estimate of drug-likeness (QED) is 0.879. The number of piperidine rings is 1. The molecule has 3 atom stereocenters. The molecule has 102 valence electrons. The highest BCUT2D eigenvalue weighted by Crippen LogP contribution is 2.55. The molecule has 1 amide bonds. The van der Waals surface area contributed by atoms with Gasteiger partial charge in [-0.05, 0) is 43.9 Å². The number of H-pyrrole nitrogens is 1. The number of nitrogens with zero attached hydrogens (tertiary/aromatic N) is 4. The topological polar surface area (TPSA) is 74.8 Å². The zero-order valence-electron chi connectivity index (χ0n) is 11.0. The second-order valence-corrected chi connectivity index (χ2v) is 6.24. The number of amides is 1. The Morgan fingerprint density at radius 1 is 1.32 bits per heavy atom. The van der Waals surface area contributed by atoms with Crippen LogP contribution in [-0.4, -0.2) is 44.5 Å². The Bertz CT molecular complexity index is 469. The summed E-state index contributed by atoms with van der Waals surface area (Å²) < 4.78 is 0. The van der Waals surface area contributed by atoms with E-state index in [1.54, 1.807) is 0 Å². The molecule has 1 saturated heterocycles. The number of tetrazole rings is 1. The lowest BCUT2D eigenvalue weighted by molar-refractivity contribution is -0.134. The Labute approximate surface area is 111 Å². The van der Waals surface area contributed by atoms with Crippen molar-refractivity contribution in [2.75, 3.05) is 13.1 Å². The van der Waals surface area contributed by atoms with Crippen LogP contribution in [0.5, 0.6) is 0 Å². The molecule has 2 aliphatic carbocycles. The molecule has 3 aliphatic rings. The van der Waals surface area contributed by atoms with Crippen LogP contribution in [0.3, 0.4) is 0 Å². The van der Waals surface area contributed by atoms with Crippen LogP contribution in [0.2, 0.25) is 0 Å². The summed E-state index contributed by atoms with van der Waals surface area (Å²) in [4.78, 5) is 14.5. The van der Waals surface area contributed by atoms with Gasteiger partial charge in [0.05, 0.1) is 0 Å². The van der Waals surface area contributed by atoms with Gasteiger partial charge in [-0.1, -0.05) is 5.21 Å². The summed E-state index contributed by atoms with van der Waals surface area (Å²) in [6.07, 6.45) is 5.93. The second kappa shape index (κ2) is 4.28. The first-order chi connectivity index (χ1) is 9.33. The number of aromatic nitrogens is 4. The van der Waals surface area contributed by atoms with Crippen LogP contribution < -0.4 is 0 Å². The van der Waals surface area contributed by atoms with E-state index in [-0.39, 0.29) is 5.92 Å². The molecule has 1 aromatic heterocycles. The van der Waals surface area contributed by atoms with E-state index < -0.39 is 0 Å². The number of carbonyl (C=O) groups is 1. The Morgan fingerprint density at radius 2 is 2.21 bits per heavy atom. The molecule has 0 unspecified atom stereocenters. The summed E-state index contributed by atoms with van der Waals surface area (Å²) in [6, 6.07) is 0. The molecular formula is C13H19N5O. The SMILES string of the molecule is O=C([C@@H]1C[C@H]1C1CC1)N1CCC[C@H](c2nn[nH]n2)C1. The monoisotopic (exact) mass is 261 g/mol. The minimum Gasteiger partial charge on any atom is -0.342 e. The molecule has 1 aliphatic heterocycles. The lowest BCUT2D eigenvalue weighted by atomic mass is 9.97. The van der Waals surface area contributed by atoms with Gasteiger partial charge in [0.1, 0.15) is 0 Å². The van der Waals surface area contributed by atoms with Crippen LogP contribution in [0, 0.1) is 17.8 Å². The van der Waals surface area contributed by atoms with Gasteiger partial charge in [-0.3, -0.25) is 4.79 Å². The van der Waals surface area contributed by atoms with E-state index in [0.29, 0.717) is 17.7 Å². The average Bonchev–Trinajstić information content (AvgIpc) is 3.35. The number of carbonyl (C=O) groups excluding carboxylic acids is 1. The van der Waals surface area contributed by atoms with E-state index >= 15 is 0 Å². The Hall–Kier alpha value is -1.46. The maximum absolute atomic E-state index is 12.5. The molecule has 6 heteroatoms. The second-order valence-electron chi connectivity index (χ2n) is 6.24. The number of hydrogen-bond acceptors (Lipinski definition) is 4. The summed E-state index contributed by atoms with van der Waals surface area (Å²) >= 11 is 0. The third-order valence-electron chi connectivity index (χ3n) is 4.84. The highest BCUT2D eigenvalue weighted by atomic mass is 16.2. The number of nitrogens with one attached hydrogen (secondary N) is 1. The highest BCUT2D eigenvalue weighted by Gasteiger charge is 2.52. The minimum absolute atomic E-state index is 0.259. The molecule has 0 bridgehead atoms. The summed E-state index contributed by atoms with van der Waals surface area (Å²) in [5.41, 5.74) is 0. The van der Waals surface area contributed by atoms with Gasteiger partial charge in [0.15, 0.2) is 5.82 Å². The van der Waals surface area contributed by atoms with Gasteiger partial charge >= 0.3 is 0 Å². The van der Waals surface area contributed by atoms with E-state index in [1.807, 2.05) is 4.90 Å². The smallest absolute Gasteiger partial charge is 0.226 e. The van der Waals surface area contributed by atoms with Crippen molar-refractivity contribution in [3.8, 4) is 0 Å². The van der Waals surface area contributed by atoms with Crippen molar-refractivity contribution >= 4 is 5.91 Å². The lowest BCUT2D eigenvalue weighted by Crippen LogP contribution is -2.40. The summed E-state index contributed by atoms with van der Waals surface area (Å²) in [5, 5.41) is 14.2. The van der Waals surface area contributed by atoms with Crippen molar-refractivity contribution in [1.82, 2.24) is 25.5 Å². The molecule has 19 heavy (non-hydrogen) atoms. The van der Waals surface area contributed by atoms with Crippen LogP contribution >= 0.6 is 0 Å². The van der Waals surface area contributed by atoms with Gasteiger partial charge in [-0.15, -0.1) is 10.2 Å². The van der Waals surface area contributed by atoms with Crippen molar-refractivity contribution in [2.45, 2.75) is 38.0 Å². The predicted molar refractivity (Wildman–Crippen MR) is 67.1 cm³/mol. The fourth-order valence-corrected chi connectivity index (χ4v) is 3.51. The fourth-order valence-electron chi connectivity index (χ4n) is 3.51. The molecule has 0 aromatic carbocycles. The van der Waals surface area contributed by atoms with Gasteiger partial charge < -0.3 is 4.90 Å². The van der Waals surface area contributed by atoms with Crippen molar-refractivity contribution in [1.29, 1.82) is 0 Å². The number of likely N-dealkylation sites (tertiary alicyclic amines) is 1. The summed E-state index contributed by atoms with van der Waals surface area (Å²) in [5.74, 6) is 3.30. The molecule has 3 fully saturated rings. The van der Waals surface area contributed by atoms with Crippen LogP contribution in [0.1, 0.15) is 43.8 Å². The van der Waals surface area contributed by atoms with Crippen molar-refractivity contribution in [3.63, 3.8) is 0 Å². The maximum atomic E-state index is 12.5. The van der Waals surface area contributed by atoms with Crippen molar-refractivity contribution in [3.05, 3.63) is 5.82 Å². The normalized spacial score (nSPS) is 34.3. The maximum Gasteiger partial charge on any atom is 0.226 e. The summed E-state index contributed by atoms with van der Waals surface area (Å²) in [6.45, 7) is 1.67. The first kappa shape index (κ1) is 11.4. The van der Waals surface area contributed by atoms with Crippen LogP contribution in [0.25, 0.3) is 0 Å². The van der Waals surface area contributed by atoms with E-state index in [2.05, 4.69) is 20.6 Å². The highest BCUT2D eigenvalue weighted by molar-refractivity contribution is 5.82. The lowest BCUT2D eigenvalue weighted by Gasteiger charge is -2.31. The van der Waals surface area contributed by atoms with Crippen molar-refractivity contribution in [2.24, 2.45) is 17.8 Å². The third-order valence-corrected chi connectivity index (χ3v) is 4.84. The van der Waals surface area contributed by atoms with E-state index in [9.17, 15) is 4.79 Å². The van der Waals surface area contributed by atoms with E-state index in [1.165, 1.54) is 12.8 Å². The van der Waals surface area contributed by atoms with Crippen molar-refractivity contribution < 1.29 is 4.79 Å². The zero-order chi connectivity index (χ0) is 12.8. The molecular weight excluding hydrogens is 242 g/mol. The van der Waals surface area contributed by atoms with Gasteiger partial charge in [-0.25, -0.2) is 0 Å². The number of rotatable bonds is 3. The Kier molecular flexibility index (Phi) is 2.56. The molecule has 6 nitrogen and oxygen atoms in total. The number of aromatic amines is 1. The van der Waals surface area contributed by atoms with E-state index in [0.717, 1.165) is 44.1 Å². The first-order valence-electron chi connectivity index (χ1n) is 7.35. The molecule has 1 N–H and O–H groups in total. The van der Waals surface area contributed by atoms with Gasteiger partial charge in [0.2, 0.25) is 5.91 Å². The molecule has 2 saturated carbocycles. The van der Waals surface area contributed by atoms with Gasteiger partial charge in [-0.2, -0.15) is 5.21 Å². The predicted octanol–water partition coefficient (Wildman–Crippen LogP) is 0.952. The van der Waals surface area contributed by atoms with Gasteiger partial charge in [0.25, 0.3) is 0 Å². The zero-order valence-corrected chi connectivity index (χ0v) is 11.0. The molecule has 2 heterocycles. The largest absolute Gasteiger partial charge is 0.342 e. The summed E-state index contributed by atoms with van der Waals surface area (Å²) in [7, 11) is 0. The van der Waals surface area contributed by atoms with Crippen LogP contribution in [-0.2, 0) is 4.79 Å². The minimum atomic E-state index is 0.259. The first-order valence-corrected chi connectivity index (χ1v) is 7.35. The average molecular weight is 261 g/mol. The number of hydrogen-bond donors (Lipinski definition) is 1. The fraction of sp³-hybridized carbons (Fsp3) is 0.846. The van der Waals surface area contributed by atoms with E-state index in [4.69, 9.17) is 0 Å². The molecule has 4 rings (SSSR count). The third kappa shape index (κ3) is 2.13. The molecule has 0 spiro atoms. The Balaban J connectivity index is 1.39. The molecule has 0 radical (unpaired) electrons. The standard InChI is InChI=1S/C13H19N5O/c19-13(11-6-10(11)8-3-4-8)18-5-1-2-9(7-18)12-14-16-17-15-12/h8-11H,1-7H2,(H,14,15,16,17)/t9-,10-,11+/m0/s1.